The molecule has 4 aliphatic rings. The summed E-state index contributed by atoms with van der Waals surface area (Å²) in [6.45, 7) is 9.22. The fourth-order valence-electron chi connectivity index (χ4n) is 9.26. The van der Waals surface area contributed by atoms with E-state index in [1.165, 1.54) is 100 Å². The van der Waals surface area contributed by atoms with Gasteiger partial charge in [-0.1, -0.05) is 120 Å². The number of fused-ring (bicyclic) bond motifs is 13. The minimum absolute atomic E-state index is 0.122. The van der Waals surface area contributed by atoms with Gasteiger partial charge in [0.1, 0.15) is 0 Å². The van der Waals surface area contributed by atoms with Crippen LogP contribution in [0.5, 0.6) is 0 Å². The van der Waals surface area contributed by atoms with Crippen LogP contribution in [0.25, 0.3) is 33.4 Å². The lowest BCUT2D eigenvalue weighted by Gasteiger charge is -2.53. The van der Waals surface area contributed by atoms with Gasteiger partial charge in [-0.05, 0) is 94.3 Å². The first-order chi connectivity index (χ1) is 21.0. The predicted molar refractivity (Wildman–Crippen MR) is 181 cm³/mol. The van der Waals surface area contributed by atoms with Crippen LogP contribution in [0.2, 0.25) is 0 Å². The summed E-state index contributed by atoms with van der Waals surface area (Å²) in [6.07, 6.45) is 0. The van der Waals surface area contributed by atoms with Crippen molar-refractivity contribution < 1.29 is 0 Å². The maximum Gasteiger partial charge on any atom is 0.329 e. The Bertz CT molecular complexity index is 2210. The van der Waals surface area contributed by atoms with Crippen molar-refractivity contribution in [2.45, 2.75) is 33.1 Å². The molecular formula is C41H30BN. The van der Waals surface area contributed by atoms with Crippen molar-refractivity contribution in [1.29, 1.82) is 0 Å². The summed E-state index contributed by atoms with van der Waals surface area (Å²) in [5.74, 6) is 0. The monoisotopic (exact) mass is 547 g/mol. The van der Waals surface area contributed by atoms with Gasteiger partial charge in [0.15, 0.2) is 0 Å². The van der Waals surface area contributed by atoms with Gasteiger partial charge in [-0.25, -0.2) is 0 Å². The van der Waals surface area contributed by atoms with Gasteiger partial charge in [0.05, 0.1) is 5.41 Å². The van der Waals surface area contributed by atoms with Crippen molar-refractivity contribution in [2.24, 2.45) is 0 Å². The van der Waals surface area contributed by atoms with Crippen LogP contribution in [0.15, 0.2) is 109 Å². The minimum atomic E-state index is -0.390. The number of anilines is 2. The second-order valence-corrected chi connectivity index (χ2v) is 13.1. The van der Waals surface area contributed by atoms with Crippen molar-refractivity contribution in [1.82, 2.24) is 0 Å². The molecule has 1 spiro atoms. The first-order valence-electron chi connectivity index (χ1n) is 15.5. The largest absolute Gasteiger partial charge is 0.375 e. The van der Waals surface area contributed by atoms with Crippen LogP contribution in [0.1, 0.15) is 44.5 Å². The molecule has 0 saturated carbocycles. The Morgan fingerprint density at radius 1 is 0.465 bits per heavy atom. The van der Waals surface area contributed by atoms with Gasteiger partial charge >= 0.3 is 6.85 Å². The molecular weight excluding hydrogens is 517 g/mol. The van der Waals surface area contributed by atoms with E-state index in [0.717, 1.165) is 0 Å². The normalized spacial score (nSPS) is 15.1. The highest BCUT2D eigenvalue weighted by Gasteiger charge is 2.56. The van der Waals surface area contributed by atoms with Gasteiger partial charge in [-0.3, -0.25) is 0 Å². The molecule has 0 N–H and O–H groups in total. The first kappa shape index (κ1) is 23.7. The van der Waals surface area contributed by atoms with E-state index < -0.39 is 5.41 Å². The van der Waals surface area contributed by atoms with Gasteiger partial charge < -0.3 is 4.81 Å². The molecule has 1 aliphatic carbocycles. The molecule has 6 aromatic rings. The maximum absolute atomic E-state index is 2.74. The lowest BCUT2D eigenvalue weighted by atomic mass is 9.40. The van der Waals surface area contributed by atoms with Gasteiger partial charge in [0.25, 0.3) is 0 Å². The standard InChI is InChI=1S/C41H30BN/c1-23-19-26(4)38-32(20-23)30-14-10-18-36-40(30)43-39-29(31-21-24(2)25(3)22-37(31)42(38)43)13-9-17-35(39)41(36)33-15-7-5-11-27(33)28-12-6-8-16-34(28)41/h5-22H,1-4H3. The van der Waals surface area contributed by atoms with Crippen molar-refractivity contribution in [3.8, 4) is 33.4 Å². The predicted octanol–water partition coefficient (Wildman–Crippen LogP) is 8.50. The van der Waals surface area contributed by atoms with Crippen LogP contribution >= 0.6 is 0 Å². The van der Waals surface area contributed by atoms with E-state index in [1.54, 1.807) is 0 Å². The SMILES string of the molecule is Cc1cc(C)c2c(c1)-c1cccc3c1N1B2c2cc(C)c(C)cc2-c2cccc(c21)C31c2ccccc2-c2ccccc21. The van der Waals surface area contributed by atoms with E-state index in [-0.39, 0.29) is 6.85 Å². The van der Waals surface area contributed by atoms with Gasteiger partial charge in [0.2, 0.25) is 0 Å². The van der Waals surface area contributed by atoms with E-state index in [2.05, 4.69) is 142 Å². The van der Waals surface area contributed by atoms with Crippen LogP contribution in [-0.4, -0.2) is 6.85 Å². The van der Waals surface area contributed by atoms with Crippen LogP contribution in [-0.2, 0) is 5.41 Å². The third-order valence-electron chi connectivity index (χ3n) is 10.9. The summed E-state index contributed by atoms with van der Waals surface area (Å²) in [4.78, 5) is 2.74. The third-order valence-corrected chi connectivity index (χ3v) is 10.9. The third kappa shape index (κ3) is 2.60. The molecule has 0 unspecified atom stereocenters. The van der Waals surface area contributed by atoms with E-state index in [0.29, 0.717) is 0 Å². The molecule has 0 saturated heterocycles. The lowest BCUT2D eigenvalue weighted by Crippen LogP contribution is -2.62. The highest BCUT2D eigenvalue weighted by atomic mass is 15.1. The van der Waals surface area contributed by atoms with E-state index in [9.17, 15) is 0 Å². The minimum Gasteiger partial charge on any atom is -0.375 e. The van der Waals surface area contributed by atoms with Gasteiger partial charge in [-0.2, -0.15) is 0 Å². The van der Waals surface area contributed by atoms with Crippen LogP contribution in [0.4, 0.5) is 11.4 Å². The number of para-hydroxylation sites is 2. The van der Waals surface area contributed by atoms with E-state index >= 15 is 0 Å². The number of hydrogen-bond donors (Lipinski definition) is 0. The summed E-state index contributed by atoms with van der Waals surface area (Å²) < 4.78 is 0. The topological polar surface area (TPSA) is 3.24 Å². The molecule has 0 atom stereocenters. The fourth-order valence-corrected chi connectivity index (χ4v) is 9.26. The highest BCUT2D eigenvalue weighted by Crippen LogP contribution is 2.66. The molecule has 43 heavy (non-hydrogen) atoms. The molecule has 202 valence electrons. The number of benzene rings is 6. The second kappa shape index (κ2) is 7.76. The molecule has 0 amide bonds. The molecule has 1 nitrogen and oxygen atoms in total. The summed E-state index contributed by atoms with van der Waals surface area (Å²) in [5.41, 5.74) is 24.4. The summed E-state index contributed by atoms with van der Waals surface area (Å²) in [7, 11) is 0. The molecule has 10 rings (SSSR count). The molecule has 0 fully saturated rings. The van der Waals surface area contributed by atoms with Crippen molar-refractivity contribution in [3.63, 3.8) is 0 Å². The van der Waals surface area contributed by atoms with Crippen LogP contribution in [0.3, 0.4) is 0 Å². The molecule has 0 bridgehead atoms. The van der Waals surface area contributed by atoms with Crippen molar-refractivity contribution in [3.05, 3.63) is 154 Å². The molecule has 6 aromatic carbocycles. The maximum atomic E-state index is 2.74. The number of nitrogens with zero attached hydrogens (tertiary/aromatic N) is 1. The summed E-state index contributed by atoms with van der Waals surface area (Å²) in [5, 5.41) is 0. The molecule has 2 heteroatoms. The van der Waals surface area contributed by atoms with Crippen molar-refractivity contribution >= 4 is 29.1 Å². The Hall–Kier alpha value is -4.82. The Balaban J connectivity index is 1.48. The van der Waals surface area contributed by atoms with Crippen LogP contribution in [0, 0.1) is 27.7 Å². The number of aryl methyl sites for hydroxylation is 4. The van der Waals surface area contributed by atoms with E-state index in [4.69, 9.17) is 0 Å². The summed E-state index contributed by atoms with van der Waals surface area (Å²) in [6, 6.07) is 42.2. The zero-order chi connectivity index (χ0) is 28.8. The molecule has 0 aromatic heterocycles. The van der Waals surface area contributed by atoms with E-state index in [1.807, 2.05) is 0 Å². The highest BCUT2D eigenvalue weighted by molar-refractivity contribution is 6.93. The fraction of sp³-hybridized carbons (Fsp3) is 0.122. The number of rotatable bonds is 0. The van der Waals surface area contributed by atoms with Gasteiger partial charge in [-0.15, -0.1) is 0 Å². The average Bonchev–Trinajstić information content (AvgIpc) is 3.31. The Morgan fingerprint density at radius 3 is 1.65 bits per heavy atom. The Morgan fingerprint density at radius 2 is 1.00 bits per heavy atom. The Kier molecular flexibility index (Phi) is 4.28. The van der Waals surface area contributed by atoms with Crippen LogP contribution < -0.4 is 15.7 Å². The quantitative estimate of drug-likeness (QED) is 0.172. The molecule has 3 heterocycles. The first-order valence-corrected chi connectivity index (χ1v) is 15.5. The Labute approximate surface area is 253 Å². The average molecular weight is 548 g/mol. The van der Waals surface area contributed by atoms with Gasteiger partial charge in [0, 0.05) is 22.5 Å². The lowest BCUT2D eigenvalue weighted by molar-refractivity contribution is 0.756. The molecule has 0 radical (unpaired) electrons. The zero-order valence-corrected chi connectivity index (χ0v) is 24.9. The smallest absolute Gasteiger partial charge is 0.329 e. The second-order valence-electron chi connectivity index (χ2n) is 13.1. The molecule has 3 aliphatic heterocycles. The zero-order valence-electron chi connectivity index (χ0n) is 24.9. The van der Waals surface area contributed by atoms with Crippen molar-refractivity contribution in [2.75, 3.05) is 4.81 Å². The summed E-state index contributed by atoms with van der Waals surface area (Å²) >= 11 is 0. The number of hydrogen-bond acceptors (Lipinski definition) is 1.